The topological polar surface area (TPSA) is 35.5 Å². The van der Waals surface area contributed by atoms with Crippen molar-refractivity contribution in [1.29, 1.82) is 0 Å². The Hall–Kier alpha value is -1.77. The van der Waals surface area contributed by atoms with Gasteiger partial charge in [-0.1, -0.05) is 6.08 Å². The van der Waals surface area contributed by atoms with Gasteiger partial charge in [0.2, 0.25) is 0 Å². The highest BCUT2D eigenvalue weighted by Crippen LogP contribution is 2.35. The molecule has 0 fully saturated rings. The number of carbonyl (C=O) groups excluding carboxylic acids is 1. The molecule has 0 aliphatic heterocycles. The fourth-order valence-electron chi connectivity index (χ4n) is 2.00. The van der Waals surface area contributed by atoms with E-state index in [4.69, 9.17) is 9.47 Å². The summed E-state index contributed by atoms with van der Waals surface area (Å²) in [6.45, 7) is 0. The van der Waals surface area contributed by atoms with Crippen LogP contribution in [0.4, 0.5) is 0 Å². The largest absolute Gasteiger partial charge is 0.493 e. The van der Waals surface area contributed by atoms with Crippen molar-refractivity contribution in [2.45, 2.75) is 12.8 Å². The van der Waals surface area contributed by atoms with Gasteiger partial charge in [-0.15, -0.1) is 0 Å². The lowest BCUT2D eigenvalue weighted by Gasteiger charge is -2.17. The number of methoxy groups -OCH3 is 2. The zero-order valence-corrected chi connectivity index (χ0v) is 9.45. The van der Waals surface area contributed by atoms with Crippen molar-refractivity contribution < 1.29 is 14.3 Å². The van der Waals surface area contributed by atoms with Crippen LogP contribution in [0.3, 0.4) is 0 Å². The van der Waals surface area contributed by atoms with Crippen LogP contribution in [0.5, 0.6) is 11.5 Å². The number of carbonyl (C=O) groups is 1. The minimum Gasteiger partial charge on any atom is -0.493 e. The predicted octanol–water partition coefficient (Wildman–Crippen LogP) is 2.23. The monoisotopic (exact) mass is 218 g/mol. The lowest BCUT2D eigenvalue weighted by atomic mass is 9.91. The standard InChI is InChI=1S/C13H14O3/c1-15-12-6-9-4-3-5-10(8-14)11(9)7-13(12)16-2/h5-8H,3-4H2,1-2H3. The third-order valence-electron chi connectivity index (χ3n) is 2.83. The first kappa shape index (κ1) is 10.7. The van der Waals surface area contributed by atoms with E-state index in [0.717, 1.165) is 35.8 Å². The van der Waals surface area contributed by atoms with Crippen molar-refractivity contribution in [3.05, 3.63) is 29.3 Å². The summed E-state index contributed by atoms with van der Waals surface area (Å²) in [5.41, 5.74) is 2.84. The second kappa shape index (κ2) is 4.39. The van der Waals surface area contributed by atoms with Gasteiger partial charge in [0.15, 0.2) is 11.5 Å². The van der Waals surface area contributed by atoms with E-state index in [1.165, 1.54) is 0 Å². The van der Waals surface area contributed by atoms with Gasteiger partial charge in [-0.3, -0.25) is 4.79 Å². The summed E-state index contributed by atoms with van der Waals surface area (Å²) in [6.07, 6.45) is 4.69. The van der Waals surface area contributed by atoms with Crippen LogP contribution in [0.1, 0.15) is 17.5 Å². The SMILES string of the molecule is COc1cc2c(cc1OC)C(C=O)=CCC2. The first-order valence-electron chi connectivity index (χ1n) is 5.20. The maximum atomic E-state index is 10.9. The number of fused-ring (bicyclic) bond motifs is 1. The molecule has 3 heteroatoms. The number of rotatable bonds is 3. The Bertz CT molecular complexity index is 447. The number of aryl methyl sites for hydroxylation is 1. The molecule has 1 aromatic carbocycles. The molecule has 0 aromatic heterocycles. The Kier molecular flexibility index (Phi) is 2.95. The van der Waals surface area contributed by atoms with E-state index in [1.54, 1.807) is 14.2 Å². The fraction of sp³-hybridized carbons (Fsp3) is 0.308. The average Bonchev–Trinajstić information content (AvgIpc) is 2.36. The van der Waals surface area contributed by atoms with E-state index in [0.29, 0.717) is 11.5 Å². The maximum absolute atomic E-state index is 10.9. The molecule has 0 amide bonds. The first-order chi connectivity index (χ1) is 7.80. The summed E-state index contributed by atoms with van der Waals surface area (Å²) in [7, 11) is 3.21. The van der Waals surface area contributed by atoms with Gasteiger partial charge in [0.05, 0.1) is 14.2 Å². The molecule has 84 valence electrons. The molecule has 1 aliphatic rings. The Balaban J connectivity index is 2.56. The van der Waals surface area contributed by atoms with Crippen LogP contribution in [0.2, 0.25) is 0 Å². The van der Waals surface area contributed by atoms with Crippen molar-refractivity contribution in [3.63, 3.8) is 0 Å². The maximum Gasteiger partial charge on any atom is 0.161 e. The van der Waals surface area contributed by atoms with Crippen LogP contribution >= 0.6 is 0 Å². The number of hydrogen-bond donors (Lipinski definition) is 0. The van der Waals surface area contributed by atoms with Gasteiger partial charge in [0.1, 0.15) is 6.29 Å². The van der Waals surface area contributed by atoms with Crippen LogP contribution in [-0.2, 0) is 11.2 Å². The van der Waals surface area contributed by atoms with Gasteiger partial charge in [0.25, 0.3) is 0 Å². The fourth-order valence-corrected chi connectivity index (χ4v) is 2.00. The van der Waals surface area contributed by atoms with Crippen LogP contribution in [0, 0.1) is 0 Å². The lowest BCUT2D eigenvalue weighted by molar-refractivity contribution is -0.103. The van der Waals surface area contributed by atoms with Crippen LogP contribution in [0.15, 0.2) is 18.2 Å². The number of allylic oxidation sites excluding steroid dienone is 2. The third kappa shape index (κ3) is 1.69. The highest BCUT2D eigenvalue weighted by atomic mass is 16.5. The van der Waals surface area contributed by atoms with Gasteiger partial charge >= 0.3 is 0 Å². The number of ether oxygens (including phenoxy) is 2. The van der Waals surface area contributed by atoms with Crippen LogP contribution in [0.25, 0.3) is 5.57 Å². The Morgan fingerprint density at radius 2 is 1.88 bits per heavy atom. The molecule has 0 bridgehead atoms. The van der Waals surface area contributed by atoms with Crippen LogP contribution < -0.4 is 9.47 Å². The molecule has 0 saturated carbocycles. The molecule has 0 heterocycles. The highest BCUT2D eigenvalue weighted by molar-refractivity contribution is 6.08. The molecule has 0 radical (unpaired) electrons. The van der Waals surface area contributed by atoms with E-state index in [1.807, 2.05) is 18.2 Å². The lowest BCUT2D eigenvalue weighted by Crippen LogP contribution is -2.03. The van der Waals surface area contributed by atoms with Gasteiger partial charge in [-0.25, -0.2) is 0 Å². The first-order valence-corrected chi connectivity index (χ1v) is 5.20. The smallest absolute Gasteiger partial charge is 0.161 e. The van der Waals surface area contributed by atoms with Crippen molar-refractivity contribution in [2.24, 2.45) is 0 Å². The van der Waals surface area contributed by atoms with Crippen molar-refractivity contribution in [1.82, 2.24) is 0 Å². The van der Waals surface area contributed by atoms with Gasteiger partial charge in [-0.05, 0) is 36.1 Å². The van der Waals surface area contributed by atoms with Crippen molar-refractivity contribution in [2.75, 3.05) is 14.2 Å². The van der Waals surface area contributed by atoms with Gasteiger partial charge < -0.3 is 9.47 Å². The van der Waals surface area contributed by atoms with Crippen molar-refractivity contribution in [3.8, 4) is 11.5 Å². The Morgan fingerprint density at radius 1 is 1.19 bits per heavy atom. The molecule has 1 aromatic rings. The molecule has 2 rings (SSSR count). The third-order valence-corrected chi connectivity index (χ3v) is 2.83. The quantitative estimate of drug-likeness (QED) is 0.730. The molecule has 1 aliphatic carbocycles. The van der Waals surface area contributed by atoms with E-state index < -0.39 is 0 Å². The summed E-state index contributed by atoms with van der Waals surface area (Å²) >= 11 is 0. The summed E-state index contributed by atoms with van der Waals surface area (Å²) in [5, 5.41) is 0. The molecule has 0 unspecified atom stereocenters. The summed E-state index contributed by atoms with van der Waals surface area (Å²) < 4.78 is 10.5. The Morgan fingerprint density at radius 3 is 2.50 bits per heavy atom. The zero-order chi connectivity index (χ0) is 11.5. The molecule has 3 nitrogen and oxygen atoms in total. The Labute approximate surface area is 94.7 Å². The molecular weight excluding hydrogens is 204 g/mol. The van der Waals surface area contributed by atoms with E-state index in [2.05, 4.69) is 0 Å². The van der Waals surface area contributed by atoms with Gasteiger partial charge in [-0.2, -0.15) is 0 Å². The summed E-state index contributed by atoms with van der Waals surface area (Å²) in [5.74, 6) is 1.38. The number of benzene rings is 1. The molecule has 0 spiro atoms. The predicted molar refractivity (Wildman–Crippen MR) is 61.9 cm³/mol. The molecule has 0 saturated heterocycles. The molecule has 0 atom stereocenters. The molecule has 16 heavy (non-hydrogen) atoms. The summed E-state index contributed by atoms with van der Waals surface area (Å²) in [4.78, 5) is 10.9. The van der Waals surface area contributed by atoms with E-state index >= 15 is 0 Å². The number of aldehydes is 1. The summed E-state index contributed by atoms with van der Waals surface area (Å²) in [6, 6.07) is 3.82. The molecular formula is C13H14O3. The van der Waals surface area contributed by atoms with Gasteiger partial charge in [0, 0.05) is 5.57 Å². The minimum atomic E-state index is 0.663. The van der Waals surface area contributed by atoms with E-state index in [9.17, 15) is 4.79 Å². The highest BCUT2D eigenvalue weighted by Gasteiger charge is 2.16. The second-order valence-corrected chi connectivity index (χ2v) is 3.68. The normalized spacial score (nSPS) is 13.8. The molecule has 0 N–H and O–H groups in total. The number of hydrogen-bond acceptors (Lipinski definition) is 3. The zero-order valence-electron chi connectivity index (χ0n) is 9.45. The average molecular weight is 218 g/mol. The van der Waals surface area contributed by atoms with Crippen molar-refractivity contribution >= 4 is 11.9 Å². The minimum absolute atomic E-state index is 0.663. The second-order valence-electron chi connectivity index (χ2n) is 3.68. The van der Waals surface area contributed by atoms with Crippen LogP contribution in [-0.4, -0.2) is 20.5 Å². The van der Waals surface area contributed by atoms with E-state index in [-0.39, 0.29) is 0 Å².